The SMILES string of the molecule is COc1ccccc1NCC(=O)NN=C/C(C)=C/c1ccccc1. The number of carbonyl (C=O) groups excluding carboxylic acids is 1. The highest BCUT2D eigenvalue weighted by molar-refractivity contribution is 5.87. The van der Waals surface area contributed by atoms with Crippen molar-refractivity contribution >= 4 is 23.9 Å². The molecule has 0 aliphatic rings. The molecule has 2 rings (SSSR count). The van der Waals surface area contributed by atoms with Gasteiger partial charge in [0.2, 0.25) is 0 Å². The lowest BCUT2D eigenvalue weighted by Crippen LogP contribution is -2.26. The molecule has 0 heterocycles. The highest BCUT2D eigenvalue weighted by atomic mass is 16.5. The monoisotopic (exact) mass is 323 g/mol. The fourth-order valence-electron chi connectivity index (χ4n) is 2.06. The number of allylic oxidation sites excluding steroid dienone is 1. The van der Waals surface area contributed by atoms with Crippen molar-refractivity contribution in [3.05, 3.63) is 65.7 Å². The number of benzene rings is 2. The molecule has 0 aromatic heterocycles. The predicted octanol–water partition coefficient (Wildman–Crippen LogP) is 3.31. The van der Waals surface area contributed by atoms with E-state index in [9.17, 15) is 4.79 Å². The van der Waals surface area contributed by atoms with Gasteiger partial charge in [0, 0.05) is 0 Å². The maximum absolute atomic E-state index is 11.8. The quantitative estimate of drug-likeness (QED) is 0.607. The van der Waals surface area contributed by atoms with Crippen LogP contribution in [0.25, 0.3) is 6.08 Å². The van der Waals surface area contributed by atoms with E-state index in [1.165, 1.54) is 0 Å². The maximum Gasteiger partial charge on any atom is 0.259 e. The van der Waals surface area contributed by atoms with E-state index in [0.717, 1.165) is 16.8 Å². The van der Waals surface area contributed by atoms with Crippen LogP contribution in [0.1, 0.15) is 12.5 Å². The van der Waals surface area contributed by atoms with Crippen LogP contribution in [0.5, 0.6) is 5.75 Å². The number of amides is 1. The molecule has 0 radical (unpaired) electrons. The standard InChI is InChI=1S/C19H21N3O2/c1-15(12-16-8-4-3-5-9-16)13-21-22-19(23)14-20-17-10-6-7-11-18(17)24-2/h3-13,20H,14H2,1-2H3,(H,22,23)/b15-12+,21-13?. The third kappa shape index (κ3) is 5.61. The molecule has 5 heteroatoms. The van der Waals surface area contributed by atoms with Crippen molar-refractivity contribution in [3.63, 3.8) is 0 Å². The zero-order valence-electron chi connectivity index (χ0n) is 13.8. The first kappa shape index (κ1) is 17.3. The molecule has 124 valence electrons. The number of rotatable bonds is 7. The lowest BCUT2D eigenvalue weighted by molar-refractivity contribution is -0.119. The Morgan fingerprint density at radius 3 is 2.58 bits per heavy atom. The summed E-state index contributed by atoms with van der Waals surface area (Å²) in [6, 6.07) is 17.4. The van der Waals surface area contributed by atoms with Gasteiger partial charge in [-0.15, -0.1) is 0 Å². The Morgan fingerprint density at radius 1 is 1.12 bits per heavy atom. The van der Waals surface area contributed by atoms with Crippen LogP contribution in [-0.4, -0.2) is 25.8 Å². The van der Waals surface area contributed by atoms with Crippen molar-refractivity contribution in [2.75, 3.05) is 19.0 Å². The zero-order chi connectivity index (χ0) is 17.2. The van der Waals surface area contributed by atoms with Crippen LogP contribution in [-0.2, 0) is 4.79 Å². The van der Waals surface area contributed by atoms with Gasteiger partial charge in [-0.3, -0.25) is 4.79 Å². The molecule has 5 nitrogen and oxygen atoms in total. The molecule has 0 aliphatic heterocycles. The topological polar surface area (TPSA) is 62.7 Å². The molecule has 0 unspecified atom stereocenters. The summed E-state index contributed by atoms with van der Waals surface area (Å²) >= 11 is 0. The average Bonchev–Trinajstić information content (AvgIpc) is 2.61. The zero-order valence-corrected chi connectivity index (χ0v) is 13.8. The van der Waals surface area contributed by atoms with Crippen LogP contribution in [0.3, 0.4) is 0 Å². The van der Waals surface area contributed by atoms with Gasteiger partial charge in [-0.2, -0.15) is 5.10 Å². The molecule has 0 spiro atoms. The molecule has 0 bridgehead atoms. The number of nitrogens with zero attached hydrogens (tertiary/aromatic N) is 1. The molecule has 2 aromatic rings. The Morgan fingerprint density at radius 2 is 1.83 bits per heavy atom. The number of para-hydroxylation sites is 2. The normalized spacial score (nSPS) is 11.3. The Kier molecular flexibility index (Phi) is 6.58. The van der Waals surface area contributed by atoms with E-state index in [0.29, 0.717) is 5.75 Å². The summed E-state index contributed by atoms with van der Waals surface area (Å²) in [5, 5.41) is 6.97. The van der Waals surface area contributed by atoms with E-state index in [-0.39, 0.29) is 12.5 Å². The molecule has 24 heavy (non-hydrogen) atoms. The number of methoxy groups -OCH3 is 1. The summed E-state index contributed by atoms with van der Waals surface area (Å²) in [7, 11) is 1.59. The third-order valence-electron chi connectivity index (χ3n) is 3.20. The van der Waals surface area contributed by atoms with Gasteiger partial charge in [-0.25, -0.2) is 5.43 Å². The first-order valence-corrected chi connectivity index (χ1v) is 7.61. The van der Waals surface area contributed by atoms with Crippen LogP contribution < -0.4 is 15.5 Å². The van der Waals surface area contributed by atoms with Crippen molar-refractivity contribution in [1.29, 1.82) is 0 Å². The molecule has 0 saturated heterocycles. The van der Waals surface area contributed by atoms with E-state index in [1.807, 2.05) is 67.6 Å². The van der Waals surface area contributed by atoms with Crippen molar-refractivity contribution in [1.82, 2.24) is 5.43 Å². The first-order chi connectivity index (χ1) is 11.7. The van der Waals surface area contributed by atoms with Crippen molar-refractivity contribution in [2.45, 2.75) is 6.92 Å². The first-order valence-electron chi connectivity index (χ1n) is 7.61. The molecule has 0 atom stereocenters. The van der Waals surface area contributed by atoms with E-state index < -0.39 is 0 Å². The van der Waals surface area contributed by atoms with Crippen LogP contribution >= 0.6 is 0 Å². The minimum Gasteiger partial charge on any atom is -0.495 e. The van der Waals surface area contributed by atoms with E-state index >= 15 is 0 Å². The van der Waals surface area contributed by atoms with Gasteiger partial charge in [-0.05, 0) is 30.2 Å². The summed E-state index contributed by atoms with van der Waals surface area (Å²) in [6.07, 6.45) is 3.61. The Labute approximate surface area is 142 Å². The van der Waals surface area contributed by atoms with Gasteiger partial charge in [0.25, 0.3) is 5.91 Å². The van der Waals surface area contributed by atoms with E-state index in [2.05, 4.69) is 15.8 Å². The number of hydrogen-bond acceptors (Lipinski definition) is 4. The van der Waals surface area contributed by atoms with Crippen molar-refractivity contribution in [3.8, 4) is 5.75 Å². The number of hydrogen-bond donors (Lipinski definition) is 2. The second-order valence-corrected chi connectivity index (χ2v) is 5.15. The van der Waals surface area contributed by atoms with Gasteiger partial charge in [0.15, 0.2) is 0 Å². The fraction of sp³-hybridized carbons (Fsp3) is 0.158. The molecule has 0 fully saturated rings. The summed E-state index contributed by atoms with van der Waals surface area (Å²) in [5.74, 6) is 0.458. The lowest BCUT2D eigenvalue weighted by Gasteiger charge is -2.09. The molecule has 0 saturated carbocycles. The van der Waals surface area contributed by atoms with Gasteiger partial charge in [0.1, 0.15) is 5.75 Å². The average molecular weight is 323 g/mol. The van der Waals surface area contributed by atoms with E-state index in [1.54, 1.807) is 13.3 Å². The molecule has 2 N–H and O–H groups in total. The largest absolute Gasteiger partial charge is 0.495 e. The predicted molar refractivity (Wildman–Crippen MR) is 98.2 cm³/mol. The number of hydrazone groups is 1. The Bertz CT molecular complexity index is 724. The van der Waals surface area contributed by atoms with Crippen molar-refractivity contribution in [2.24, 2.45) is 5.10 Å². The van der Waals surface area contributed by atoms with Gasteiger partial charge in [0.05, 0.1) is 25.6 Å². The minimum absolute atomic E-state index is 0.110. The summed E-state index contributed by atoms with van der Waals surface area (Å²) < 4.78 is 5.22. The number of carbonyl (C=O) groups is 1. The number of ether oxygens (including phenoxy) is 1. The smallest absolute Gasteiger partial charge is 0.259 e. The second-order valence-electron chi connectivity index (χ2n) is 5.15. The summed E-state index contributed by atoms with van der Waals surface area (Å²) in [5.41, 5.74) is 5.29. The number of anilines is 1. The Hall–Kier alpha value is -3.08. The Balaban J connectivity index is 1.81. The molecule has 1 amide bonds. The van der Waals surface area contributed by atoms with Gasteiger partial charge < -0.3 is 10.1 Å². The lowest BCUT2D eigenvalue weighted by atomic mass is 10.1. The molecular formula is C19H21N3O2. The van der Waals surface area contributed by atoms with Crippen LogP contribution in [0, 0.1) is 0 Å². The van der Waals surface area contributed by atoms with Gasteiger partial charge in [-0.1, -0.05) is 48.5 Å². The highest BCUT2D eigenvalue weighted by Gasteiger charge is 2.03. The van der Waals surface area contributed by atoms with Crippen LogP contribution in [0.2, 0.25) is 0 Å². The molecular weight excluding hydrogens is 302 g/mol. The minimum atomic E-state index is -0.232. The third-order valence-corrected chi connectivity index (χ3v) is 3.20. The second kappa shape index (κ2) is 9.15. The molecule has 0 aliphatic carbocycles. The highest BCUT2D eigenvalue weighted by Crippen LogP contribution is 2.22. The van der Waals surface area contributed by atoms with Crippen molar-refractivity contribution < 1.29 is 9.53 Å². The molecule has 2 aromatic carbocycles. The van der Waals surface area contributed by atoms with Crippen LogP contribution in [0.4, 0.5) is 5.69 Å². The van der Waals surface area contributed by atoms with Gasteiger partial charge >= 0.3 is 0 Å². The fourth-order valence-corrected chi connectivity index (χ4v) is 2.06. The van der Waals surface area contributed by atoms with E-state index in [4.69, 9.17) is 4.74 Å². The number of nitrogens with one attached hydrogen (secondary N) is 2. The summed E-state index contributed by atoms with van der Waals surface area (Å²) in [6.45, 7) is 2.04. The maximum atomic E-state index is 11.8. The summed E-state index contributed by atoms with van der Waals surface area (Å²) in [4.78, 5) is 11.8. The van der Waals surface area contributed by atoms with Crippen LogP contribution in [0.15, 0.2) is 65.3 Å².